The van der Waals surface area contributed by atoms with Crippen molar-refractivity contribution in [2.75, 3.05) is 17.0 Å². The second-order valence-corrected chi connectivity index (χ2v) is 10.7. The van der Waals surface area contributed by atoms with Crippen LogP contribution in [0.5, 0.6) is 0 Å². The van der Waals surface area contributed by atoms with Crippen LogP contribution in [-0.4, -0.2) is 33.4 Å². The zero-order valence-electron chi connectivity index (χ0n) is 15.1. The van der Waals surface area contributed by atoms with Crippen LogP contribution in [0.2, 0.25) is 5.02 Å². The Kier molecular flexibility index (Phi) is 6.00. The van der Waals surface area contributed by atoms with Crippen molar-refractivity contribution in [3.63, 3.8) is 0 Å². The lowest BCUT2D eigenvalue weighted by atomic mass is 9.98. The van der Waals surface area contributed by atoms with Crippen LogP contribution in [0.3, 0.4) is 0 Å². The number of hydrogen-bond donors (Lipinski definition) is 1. The van der Waals surface area contributed by atoms with E-state index in [1.165, 1.54) is 10.4 Å². The van der Waals surface area contributed by atoms with Crippen LogP contribution < -0.4 is 4.72 Å². The smallest absolute Gasteiger partial charge is 0.246 e. The maximum atomic E-state index is 14.6. The zero-order valence-corrected chi connectivity index (χ0v) is 17.5. The monoisotopic (exact) mass is 446 g/mol. The van der Waals surface area contributed by atoms with Gasteiger partial charge in [-0.15, -0.1) is 0 Å². The molecule has 6 nitrogen and oxygen atoms in total. The second-order valence-electron chi connectivity index (χ2n) is 6.54. The van der Waals surface area contributed by atoms with Gasteiger partial charge >= 0.3 is 0 Å². The topological polar surface area (TPSA) is 83.5 Å². The van der Waals surface area contributed by atoms with Crippen molar-refractivity contribution in [2.45, 2.75) is 30.7 Å². The molecule has 28 heavy (non-hydrogen) atoms. The van der Waals surface area contributed by atoms with E-state index in [1.54, 1.807) is 31.2 Å². The lowest BCUT2D eigenvalue weighted by Crippen LogP contribution is -2.45. The molecule has 1 unspecified atom stereocenters. The molecule has 10 heteroatoms. The van der Waals surface area contributed by atoms with Crippen LogP contribution in [0.1, 0.15) is 31.4 Å². The quantitative estimate of drug-likeness (QED) is 0.701. The van der Waals surface area contributed by atoms with Gasteiger partial charge in [0, 0.05) is 11.6 Å². The third-order valence-electron chi connectivity index (χ3n) is 4.49. The first-order valence-electron chi connectivity index (χ1n) is 8.71. The molecule has 1 fully saturated rings. The summed E-state index contributed by atoms with van der Waals surface area (Å²) in [6, 6.07) is 9.69. The lowest BCUT2D eigenvalue weighted by Gasteiger charge is -2.40. The van der Waals surface area contributed by atoms with Crippen molar-refractivity contribution < 1.29 is 21.2 Å². The summed E-state index contributed by atoms with van der Waals surface area (Å²) in [6.07, 6.45) is 1.03. The van der Waals surface area contributed by atoms with Crippen molar-refractivity contribution in [3.05, 3.63) is 58.9 Å². The van der Waals surface area contributed by atoms with E-state index in [0.29, 0.717) is 17.9 Å². The Hall–Kier alpha value is -1.68. The molecule has 1 aliphatic rings. The molecule has 0 amide bonds. The van der Waals surface area contributed by atoms with Gasteiger partial charge in [0.05, 0.1) is 17.5 Å². The Morgan fingerprint density at radius 3 is 2.36 bits per heavy atom. The molecule has 1 saturated heterocycles. The highest BCUT2D eigenvalue weighted by Crippen LogP contribution is 2.39. The number of nitrogens with one attached hydrogen (secondary N) is 1. The van der Waals surface area contributed by atoms with Gasteiger partial charge in [-0.2, -0.15) is 4.31 Å². The van der Waals surface area contributed by atoms with Crippen LogP contribution in [-0.2, 0) is 20.0 Å². The van der Waals surface area contributed by atoms with Gasteiger partial charge in [-0.25, -0.2) is 21.2 Å². The lowest BCUT2D eigenvalue weighted by molar-refractivity contribution is 0.201. The van der Waals surface area contributed by atoms with E-state index in [4.69, 9.17) is 11.6 Å². The first-order valence-corrected chi connectivity index (χ1v) is 12.2. The third kappa shape index (κ3) is 4.32. The van der Waals surface area contributed by atoms with Crippen molar-refractivity contribution >= 4 is 37.3 Å². The summed E-state index contributed by atoms with van der Waals surface area (Å²) in [5, 5.41) is 0.546. The van der Waals surface area contributed by atoms with Gasteiger partial charge in [-0.1, -0.05) is 30.7 Å². The molecular formula is C18H20ClFN2O4S2. The van der Waals surface area contributed by atoms with Crippen molar-refractivity contribution in [3.8, 4) is 0 Å². The summed E-state index contributed by atoms with van der Waals surface area (Å²) in [4.78, 5) is -0.482. The van der Waals surface area contributed by atoms with Crippen molar-refractivity contribution in [2.24, 2.45) is 0 Å². The fourth-order valence-corrected chi connectivity index (χ4v) is 6.03. The van der Waals surface area contributed by atoms with E-state index in [0.717, 1.165) is 17.7 Å². The highest BCUT2D eigenvalue weighted by Gasteiger charge is 2.40. The summed E-state index contributed by atoms with van der Waals surface area (Å²) >= 11 is 5.87. The Bertz CT molecular complexity index is 1070. The van der Waals surface area contributed by atoms with Crippen LogP contribution in [0.15, 0.2) is 47.4 Å². The van der Waals surface area contributed by atoms with Gasteiger partial charge in [-0.05, 0) is 48.7 Å². The summed E-state index contributed by atoms with van der Waals surface area (Å²) in [6.45, 7) is 1.99. The Morgan fingerprint density at radius 1 is 1.14 bits per heavy atom. The maximum Gasteiger partial charge on any atom is 0.246 e. The molecular weight excluding hydrogens is 427 g/mol. The SMILES string of the molecule is CCCS(=O)(=O)Nc1ccc(S(=O)(=O)N2CCC2c2ccc(Cl)cc2)c(F)c1. The largest absolute Gasteiger partial charge is 0.283 e. The molecule has 0 bridgehead atoms. The molecule has 0 spiro atoms. The fraction of sp³-hybridized carbons (Fsp3) is 0.333. The predicted molar refractivity (Wildman–Crippen MR) is 107 cm³/mol. The average Bonchev–Trinajstić information content (AvgIpc) is 2.54. The van der Waals surface area contributed by atoms with Gasteiger partial charge in [0.25, 0.3) is 0 Å². The molecule has 2 aromatic rings. The fourth-order valence-electron chi connectivity index (χ4n) is 3.07. The molecule has 0 saturated carbocycles. The normalized spacial score (nSPS) is 17.9. The molecule has 3 rings (SSSR count). The van der Waals surface area contributed by atoms with Crippen LogP contribution in [0.25, 0.3) is 0 Å². The van der Waals surface area contributed by atoms with E-state index in [-0.39, 0.29) is 24.0 Å². The van der Waals surface area contributed by atoms with Crippen LogP contribution >= 0.6 is 11.6 Å². The number of sulfonamides is 2. The second kappa shape index (κ2) is 7.98. The van der Waals surface area contributed by atoms with Gasteiger partial charge < -0.3 is 0 Å². The van der Waals surface area contributed by atoms with Crippen molar-refractivity contribution in [1.82, 2.24) is 4.31 Å². The number of anilines is 1. The Balaban J connectivity index is 1.85. The molecule has 0 radical (unpaired) electrons. The molecule has 1 heterocycles. The van der Waals surface area contributed by atoms with Gasteiger partial charge in [0.2, 0.25) is 20.0 Å². The number of benzene rings is 2. The van der Waals surface area contributed by atoms with E-state index in [2.05, 4.69) is 4.72 Å². The Morgan fingerprint density at radius 2 is 1.82 bits per heavy atom. The minimum Gasteiger partial charge on any atom is -0.283 e. The first-order chi connectivity index (χ1) is 13.1. The molecule has 1 N–H and O–H groups in total. The molecule has 1 atom stereocenters. The predicted octanol–water partition coefficient (Wildman–Crippen LogP) is 3.77. The minimum absolute atomic E-state index is 0.0113. The van der Waals surface area contributed by atoms with Crippen LogP contribution in [0, 0.1) is 5.82 Å². The van der Waals surface area contributed by atoms with Gasteiger partial charge in [0.15, 0.2) is 0 Å². The van der Waals surface area contributed by atoms with E-state index in [1.807, 2.05) is 0 Å². The number of halogens is 2. The molecule has 1 aliphatic heterocycles. The summed E-state index contributed by atoms with van der Waals surface area (Å²) in [5.74, 6) is -1.11. The van der Waals surface area contributed by atoms with E-state index in [9.17, 15) is 21.2 Å². The van der Waals surface area contributed by atoms with Crippen LogP contribution in [0.4, 0.5) is 10.1 Å². The number of hydrogen-bond acceptors (Lipinski definition) is 4. The summed E-state index contributed by atoms with van der Waals surface area (Å²) in [5.41, 5.74) is 0.770. The van der Waals surface area contributed by atoms with E-state index < -0.39 is 30.8 Å². The highest BCUT2D eigenvalue weighted by atomic mass is 35.5. The maximum absolute atomic E-state index is 14.6. The molecule has 2 aromatic carbocycles. The van der Waals surface area contributed by atoms with Gasteiger partial charge in [-0.3, -0.25) is 4.72 Å². The Labute approximate surface area is 169 Å². The summed E-state index contributed by atoms with van der Waals surface area (Å²) < 4.78 is 67.5. The standard InChI is InChI=1S/C18H20ClFN2O4S2/c1-2-11-27(23,24)21-15-7-8-18(16(20)12-15)28(25,26)22-10-9-17(22)13-3-5-14(19)6-4-13/h3-8,12,17,21H,2,9-11H2,1H3. The first kappa shape index (κ1) is 21.0. The zero-order chi connectivity index (χ0) is 20.5. The van der Waals surface area contributed by atoms with Crippen molar-refractivity contribution in [1.29, 1.82) is 0 Å². The number of rotatable bonds is 7. The highest BCUT2D eigenvalue weighted by molar-refractivity contribution is 7.92. The van der Waals surface area contributed by atoms with Gasteiger partial charge in [0.1, 0.15) is 10.7 Å². The molecule has 0 aromatic heterocycles. The molecule has 152 valence electrons. The van der Waals surface area contributed by atoms with E-state index >= 15 is 0 Å². The number of nitrogens with zero attached hydrogens (tertiary/aromatic N) is 1. The minimum atomic E-state index is -4.06. The summed E-state index contributed by atoms with van der Waals surface area (Å²) in [7, 11) is -7.66. The average molecular weight is 447 g/mol. The third-order valence-corrected chi connectivity index (χ3v) is 8.18. The molecule has 0 aliphatic carbocycles.